The molecule has 0 radical (unpaired) electrons. The number of halogens is 1. The number of nitrogens with one attached hydrogen (secondary N) is 2. The molecule has 5 nitrogen and oxygen atoms in total. The predicted octanol–water partition coefficient (Wildman–Crippen LogP) is 2.92. The van der Waals surface area contributed by atoms with Crippen LogP contribution in [0, 0.1) is 20.8 Å². The Morgan fingerprint density at radius 2 is 2.05 bits per heavy atom. The molecular weight excluding hydrogens is 302 g/mol. The van der Waals surface area contributed by atoms with Crippen molar-refractivity contribution in [2.24, 2.45) is 0 Å². The van der Waals surface area contributed by atoms with Gasteiger partial charge in [-0.05, 0) is 44.9 Å². The first-order valence-electron chi connectivity index (χ1n) is 6.99. The summed E-state index contributed by atoms with van der Waals surface area (Å²) >= 11 is 5.92. The topological polar surface area (TPSA) is 74.8 Å². The maximum atomic E-state index is 12.1. The molecule has 0 saturated carbocycles. The molecule has 0 saturated heterocycles. The summed E-state index contributed by atoms with van der Waals surface area (Å²) < 4.78 is 0. The number of aromatic nitrogens is 2. The molecule has 116 valence electrons. The standard InChI is InChI=1S/C16H18ClN3O2/c1-9-4-5-12(17)8-14(9)20-15(21)7-6-13-10(2)18-11(3)19-16(13)22/h4-5,8H,6-7H2,1-3H3,(H,20,21)(H,18,19,22). The van der Waals surface area contributed by atoms with E-state index in [1.165, 1.54) is 0 Å². The van der Waals surface area contributed by atoms with E-state index in [0.29, 0.717) is 34.2 Å². The number of nitrogens with zero attached hydrogens (tertiary/aromatic N) is 1. The molecule has 0 fully saturated rings. The molecule has 1 heterocycles. The second-order valence-electron chi connectivity index (χ2n) is 5.22. The van der Waals surface area contributed by atoms with Crippen molar-refractivity contribution in [1.82, 2.24) is 9.97 Å². The van der Waals surface area contributed by atoms with Gasteiger partial charge in [0.2, 0.25) is 5.91 Å². The molecule has 0 aliphatic rings. The minimum Gasteiger partial charge on any atom is -0.326 e. The lowest BCUT2D eigenvalue weighted by molar-refractivity contribution is -0.116. The number of hydrogen-bond donors (Lipinski definition) is 2. The molecule has 1 amide bonds. The van der Waals surface area contributed by atoms with E-state index in [1.54, 1.807) is 26.0 Å². The summed E-state index contributed by atoms with van der Waals surface area (Å²) in [5, 5.41) is 3.38. The summed E-state index contributed by atoms with van der Waals surface area (Å²) in [5.41, 5.74) is 2.64. The molecule has 0 atom stereocenters. The number of hydrogen-bond acceptors (Lipinski definition) is 3. The van der Waals surface area contributed by atoms with E-state index in [1.807, 2.05) is 13.0 Å². The second kappa shape index (κ2) is 6.75. The van der Waals surface area contributed by atoms with Crippen LogP contribution in [0.5, 0.6) is 0 Å². The Hall–Kier alpha value is -2.14. The van der Waals surface area contributed by atoms with Gasteiger partial charge in [0, 0.05) is 28.4 Å². The lowest BCUT2D eigenvalue weighted by atomic mass is 10.1. The fraction of sp³-hybridized carbons (Fsp3) is 0.312. The highest BCUT2D eigenvalue weighted by Crippen LogP contribution is 2.20. The average molecular weight is 320 g/mol. The van der Waals surface area contributed by atoms with E-state index < -0.39 is 0 Å². The minimum absolute atomic E-state index is 0.162. The Balaban J connectivity index is 2.05. The zero-order valence-corrected chi connectivity index (χ0v) is 13.5. The third-order valence-electron chi connectivity index (χ3n) is 3.42. The van der Waals surface area contributed by atoms with E-state index in [4.69, 9.17) is 11.6 Å². The van der Waals surface area contributed by atoms with Crippen molar-refractivity contribution in [1.29, 1.82) is 0 Å². The van der Waals surface area contributed by atoms with E-state index in [2.05, 4.69) is 15.3 Å². The van der Waals surface area contributed by atoms with Crippen LogP contribution in [0.4, 0.5) is 5.69 Å². The van der Waals surface area contributed by atoms with Crippen molar-refractivity contribution >= 4 is 23.2 Å². The van der Waals surface area contributed by atoms with E-state index >= 15 is 0 Å². The van der Waals surface area contributed by atoms with Gasteiger partial charge in [-0.3, -0.25) is 9.59 Å². The largest absolute Gasteiger partial charge is 0.326 e. The smallest absolute Gasteiger partial charge is 0.254 e. The van der Waals surface area contributed by atoms with Gasteiger partial charge in [0.15, 0.2) is 0 Å². The average Bonchev–Trinajstić information content (AvgIpc) is 2.41. The normalized spacial score (nSPS) is 10.5. The third-order valence-corrected chi connectivity index (χ3v) is 3.65. The lowest BCUT2D eigenvalue weighted by Gasteiger charge is -2.09. The first kappa shape index (κ1) is 16.2. The summed E-state index contributed by atoms with van der Waals surface area (Å²) in [6.45, 7) is 5.40. The number of amides is 1. The van der Waals surface area contributed by atoms with Crippen LogP contribution in [-0.2, 0) is 11.2 Å². The van der Waals surface area contributed by atoms with E-state index in [9.17, 15) is 9.59 Å². The van der Waals surface area contributed by atoms with Crippen LogP contribution in [0.3, 0.4) is 0 Å². The van der Waals surface area contributed by atoms with Gasteiger partial charge in [-0.25, -0.2) is 4.98 Å². The second-order valence-corrected chi connectivity index (χ2v) is 5.66. The lowest BCUT2D eigenvalue weighted by Crippen LogP contribution is -2.20. The molecule has 0 aliphatic carbocycles. The van der Waals surface area contributed by atoms with Crippen LogP contribution in [-0.4, -0.2) is 15.9 Å². The molecule has 2 rings (SSSR count). The molecule has 22 heavy (non-hydrogen) atoms. The first-order valence-corrected chi connectivity index (χ1v) is 7.37. The van der Waals surface area contributed by atoms with Crippen LogP contribution in [0.1, 0.15) is 29.1 Å². The summed E-state index contributed by atoms with van der Waals surface area (Å²) in [6.07, 6.45) is 0.556. The highest BCUT2D eigenvalue weighted by molar-refractivity contribution is 6.31. The third kappa shape index (κ3) is 3.95. The van der Waals surface area contributed by atoms with Crippen molar-refractivity contribution in [3.05, 3.63) is 56.2 Å². The van der Waals surface area contributed by atoms with Gasteiger partial charge in [0.05, 0.1) is 0 Å². The molecule has 0 aliphatic heterocycles. The Morgan fingerprint density at radius 1 is 1.32 bits per heavy atom. The van der Waals surface area contributed by atoms with Crippen LogP contribution in [0.15, 0.2) is 23.0 Å². The van der Waals surface area contributed by atoms with Gasteiger partial charge in [0.25, 0.3) is 5.56 Å². The predicted molar refractivity (Wildman–Crippen MR) is 87.5 cm³/mol. The quantitative estimate of drug-likeness (QED) is 0.909. The van der Waals surface area contributed by atoms with Gasteiger partial charge in [-0.1, -0.05) is 17.7 Å². The van der Waals surface area contributed by atoms with Gasteiger partial charge in [-0.2, -0.15) is 0 Å². The number of carbonyl (C=O) groups excluding carboxylic acids is 1. The molecular formula is C16H18ClN3O2. The monoisotopic (exact) mass is 319 g/mol. The van der Waals surface area contributed by atoms with Gasteiger partial charge in [0.1, 0.15) is 5.82 Å². The van der Waals surface area contributed by atoms with E-state index in [-0.39, 0.29) is 17.9 Å². The zero-order chi connectivity index (χ0) is 16.3. The van der Waals surface area contributed by atoms with Gasteiger partial charge >= 0.3 is 0 Å². The molecule has 1 aromatic carbocycles. The number of benzene rings is 1. The summed E-state index contributed by atoms with van der Waals surface area (Å²) in [5.74, 6) is 0.412. The molecule has 0 spiro atoms. The Kier molecular flexibility index (Phi) is 4.98. The number of carbonyl (C=O) groups is 1. The fourth-order valence-electron chi connectivity index (χ4n) is 2.23. The minimum atomic E-state index is -0.184. The highest BCUT2D eigenvalue weighted by atomic mass is 35.5. The van der Waals surface area contributed by atoms with Crippen molar-refractivity contribution in [2.75, 3.05) is 5.32 Å². The number of aryl methyl sites for hydroxylation is 3. The Morgan fingerprint density at radius 3 is 2.73 bits per heavy atom. The van der Waals surface area contributed by atoms with Crippen molar-refractivity contribution in [2.45, 2.75) is 33.6 Å². The van der Waals surface area contributed by atoms with Crippen molar-refractivity contribution in [3.8, 4) is 0 Å². The van der Waals surface area contributed by atoms with Crippen LogP contribution in [0.25, 0.3) is 0 Å². The van der Waals surface area contributed by atoms with Crippen LogP contribution in [0.2, 0.25) is 5.02 Å². The summed E-state index contributed by atoms with van der Waals surface area (Å²) in [7, 11) is 0. The SMILES string of the molecule is Cc1nc(C)c(CCC(=O)Nc2cc(Cl)ccc2C)c(=O)[nH]1. The number of anilines is 1. The van der Waals surface area contributed by atoms with Crippen molar-refractivity contribution in [3.63, 3.8) is 0 Å². The van der Waals surface area contributed by atoms with E-state index in [0.717, 1.165) is 5.56 Å². The Labute approximate surface area is 133 Å². The Bertz CT molecular complexity index is 768. The zero-order valence-electron chi connectivity index (χ0n) is 12.8. The maximum absolute atomic E-state index is 12.1. The molecule has 0 bridgehead atoms. The first-order chi connectivity index (χ1) is 10.4. The van der Waals surface area contributed by atoms with Crippen LogP contribution < -0.4 is 10.9 Å². The summed E-state index contributed by atoms with van der Waals surface area (Å²) in [6, 6.07) is 5.32. The molecule has 0 unspecified atom stereocenters. The van der Waals surface area contributed by atoms with Crippen LogP contribution >= 0.6 is 11.6 Å². The molecule has 1 aromatic heterocycles. The fourth-order valence-corrected chi connectivity index (χ4v) is 2.40. The molecule has 6 heteroatoms. The number of rotatable bonds is 4. The van der Waals surface area contributed by atoms with Gasteiger partial charge in [-0.15, -0.1) is 0 Å². The maximum Gasteiger partial charge on any atom is 0.254 e. The highest BCUT2D eigenvalue weighted by Gasteiger charge is 2.10. The molecule has 2 N–H and O–H groups in total. The van der Waals surface area contributed by atoms with Crippen molar-refractivity contribution < 1.29 is 4.79 Å². The van der Waals surface area contributed by atoms with Gasteiger partial charge < -0.3 is 10.3 Å². The molecule has 2 aromatic rings. The number of aromatic amines is 1. The number of H-pyrrole nitrogens is 1. The summed E-state index contributed by atoms with van der Waals surface area (Å²) in [4.78, 5) is 30.8.